The van der Waals surface area contributed by atoms with Gasteiger partial charge in [0, 0.05) is 9.13 Å². The van der Waals surface area contributed by atoms with Crippen LogP contribution in [0.2, 0.25) is 0 Å². The molecule has 0 heterocycles. The maximum atomic E-state index is 9.69. The second-order valence-corrected chi connectivity index (χ2v) is 7.29. The van der Waals surface area contributed by atoms with E-state index in [0.717, 1.165) is 31.2 Å². The van der Waals surface area contributed by atoms with E-state index in [1.165, 1.54) is 0 Å². The van der Waals surface area contributed by atoms with Gasteiger partial charge in [0.1, 0.15) is 5.75 Å². The summed E-state index contributed by atoms with van der Waals surface area (Å²) in [5.41, 5.74) is 2.48. The van der Waals surface area contributed by atoms with E-state index in [1.807, 2.05) is 62.4 Å². The summed E-state index contributed by atoms with van der Waals surface area (Å²) >= 11 is 2.26. The fourth-order valence-electron chi connectivity index (χ4n) is 2.74. The molecule has 0 unspecified atom stereocenters. The zero-order chi connectivity index (χ0) is 17.8. The number of hydrogen-bond acceptors (Lipinski definition) is 2. The predicted molar refractivity (Wildman–Crippen MR) is 112 cm³/mol. The molecule has 0 fully saturated rings. The standard InChI is InChI=1S/C22H18INO/c1-15(2)25-22-12-9-17-5-3-4-6-20(17)21(22)13-18(14-24)16-7-10-19(23)11-8-16/h3-13,15H,1-2H3/b18-13+. The lowest BCUT2D eigenvalue weighted by atomic mass is 9.98. The first-order valence-electron chi connectivity index (χ1n) is 8.14. The average Bonchev–Trinajstić information content (AvgIpc) is 2.61. The van der Waals surface area contributed by atoms with Crippen molar-refractivity contribution in [1.82, 2.24) is 0 Å². The van der Waals surface area contributed by atoms with Crippen molar-refractivity contribution in [2.45, 2.75) is 20.0 Å². The number of ether oxygens (including phenoxy) is 1. The Morgan fingerprint density at radius 3 is 2.44 bits per heavy atom. The molecule has 0 aromatic heterocycles. The summed E-state index contributed by atoms with van der Waals surface area (Å²) in [7, 11) is 0. The Labute approximate surface area is 161 Å². The Balaban J connectivity index is 2.21. The Kier molecular flexibility index (Phi) is 5.40. The minimum absolute atomic E-state index is 0.0668. The van der Waals surface area contributed by atoms with Crippen LogP contribution in [0.15, 0.2) is 60.7 Å². The van der Waals surface area contributed by atoms with Crippen molar-refractivity contribution in [3.05, 3.63) is 75.4 Å². The highest BCUT2D eigenvalue weighted by molar-refractivity contribution is 14.1. The van der Waals surface area contributed by atoms with E-state index in [0.29, 0.717) is 5.57 Å². The van der Waals surface area contributed by atoms with E-state index in [4.69, 9.17) is 4.74 Å². The summed E-state index contributed by atoms with van der Waals surface area (Å²) in [6, 6.07) is 22.5. The highest BCUT2D eigenvalue weighted by Crippen LogP contribution is 2.32. The topological polar surface area (TPSA) is 33.0 Å². The van der Waals surface area contributed by atoms with Crippen LogP contribution in [0.25, 0.3) is 22.4 Å². The molecule has 0 radical (unpaired) electrons. The van der Waals surface area contributed by atoms with Crippen LogP contribution in [0, 0.1) is 14.9 Å². The lowest BCUT2D eigenvalue weighted by Gasteiger charge is -2.15. The van der Waals surface area contributed by atoms with Gasteiger partial charge in [0.25, 0.3) is 0 Å². The quantitative estimate of drug-likeness (QED) is 0.272. The number of rotatable bonds is 4. The van der Waals surface area contributed by atoms with E-state index >= 15 is 0 Å². The molecule has 3 aromatic carbocycles. The van der Waals surface area contributed by atoms with Gasteiger partial charge in [-0.3, -0.25) is 0 Å². The predicted octanol–water partition coefficient (Wildman–Crippen LogP) is 6.30. The molecule has 0 spiro atoms. The molecule has 3 heteroatoms. The molecular weight excluding hydrogens is 421 g/mol. The fourth-order valence-corrected chi connectivity index (χ4v) is 3.09. The molecule has 0 saturated heterocycles. The summed E-state index contributed by atoms with van der Waals surface area (Å²) in [5.74, 6) is 0.798. The highest BCUT2D eigenvalue weighted by atomic mass is 127. The molecule has 0 amide bonds. The van der Waals surface area contributed by atoms with Gasteiger partial charge in [0.15, 0.2) is 0 Å². The minimum Gasteiger partial charge on any atom is -0.490 e. The average molecular weight is 439 g/mol. The van der Waals surface area contributed by atoms with Crippen LogP contribution in [0.4, 0.5) is 0 Å². The van der Waals surface area contributed by atoms with Gasteiger partial charge in [-0.15, -0.1) is 0 Å². The third-order valence-corrected chi connectivity index (χ3v) is 4.58. The van der Waals surface area contributed by atoms with Crippen LogP contribution in [-0.2, 0) is 0 Å². The number of benzene rings is 3. The summed E-state index contributed by atoms with van der Waals surface area (Å²) in [6.45, 7) is 4.01. The van der Waals surface area contributed by atoms with Crippen LogP contribution in [-0.4, -0.2) is 6.10 Å². The number of halogens is 1. The fraction of sp³-hybridized carbons (Fsp3) is 0.136. The van der Waals surface area contributed by atoms with Crippen LogP contribution in [0.3, 0.4) is 0 Å². The molecule has 0 aliphatic heterocycles. The molecule has 0 aliphatic rings. The summed E-state index contributed by atoms with van der Waals surface area (Å²) in [5, 5.41) is 11.9. The van der Waals surface area contributed by atoms with Gasteiger partial charge < -0.3 is 4.74 Å². The summed E-state index contributed by atoms with van der Waals surface area (Å²) in [4.78, 5) is 0. The molecule has 124 valence electrons. The van der Waals surface area contributed by atoms with Gasteiger partial charge in [0.05, 0.1) is 17.7 Å². The molecule has 0 aliphatic carbocycles. The smallest absolute Gasteiger partial charge is 0.127 e. The number of nitriles is 1. The van der Waals surface area contributed by atoms with Gasteiger partial charge in [0.2, 0.25) is 0 Å². The van der Waals surface area contributed by atoms with E-state index < -0.39 is 0 Å². The normalized spacial score (nSPS) is 11.6. The first-order valence-corrected chi connectivity index (χ1v) is 9.22. The lowest BCUT2D eigenvalue weighted by molar-refractivity contribution is 0.242. The Morgan fingerprint density at radius 2 is 1.76 bits per heavy atom. The molecule has 0 saturated carbocycles. The van der Waals surface area contributed by atoms with Crippen molar-refractivity contribution in [1.29, 1.82) is 5.26 Å². The van der Waals surface area contributed by atoms with Crippen molar-refractivity contribution < 1.29 is 4.74 Å². The van der Waals surface area contributed by atoms with E-state index in [2.05, 4.69) is 46.9 Å². The maximum absolute atomic E-state index is 9.69. The number of nitrogens with zero attached hydrogens (tertiary/aromatic N) is 1. The summed E-state index contributed by atoms with van der Waals surface area (Å²) in [6.07, 6.45) is 2.00. The van der Waals surface area contributed by atoms with Crippen molar-refractivity contribution >= 4 is 45.0 Å². The largest absolute Gasteiger partial charge is 0.490 e. The van der Waals surface area contributed by atoms with Crippen LogP contribution < -0.4 is 4.74 Å². The van der Waals surface area contributed by atoms with Crippen molar-refractivity contribution in [2.75, 3.05) is 0 Å². The molecule has 2 nitrogen and oxygen atoms in total. The third kappa shape index (κ3) is 4.02. The van der Waals surface area contributed by atoms with E-state index in [1.54, 1.807) is 0 Å². The summed E-state index contributed by atoms with van der Waals surface area (Å²) < 4.78 is 7.14. The van der Waals surface area contributed by atoms with E-state index in [9.17, 15) is 5.26 Å². The number of fused-ring (bicyclic) bond motifs is 1. The first-order chi connectivity index (χ1) is 12.1. The number of allylic oxidation sites excluding steroid dienone is 1. The second-order valence-electron chi connectivity index (χ2n) is 6.04. The van der Waals surface area contributed by atoms with Gasteiger partial charge in [-0.25, -0.2) is 0 Å². The van der Waals surface area contributed by atoms with Gasteiger partial charge in [-0.2, -0.15) is 5.26 Å². The zero-order valence-electron chi connectivity index (χ0n) is 14.2. The van der Waals surface area contributed by atoms with Crippen LogP contribution in [0.5, 0.6) is 5.75 Å². The van der Waals surface area contributed by atoms with Crippen molar-refractivity contribution in [2.24, 2.45) is 0 Å². The van der Waals surface area contributed by atoms with E-state index in [-0.39, 0.29) is 6.10 Å². The van der Waals surface area contributed by atoms with Crippen LogP contribution >= 0.6 is 22.6 Å². The van der Waals surface area contributed by atoms with Crippen molar-refractivity contribution in [3.63, 3.8) is 0 Å². The molecule has 0 bridgehead atoms. The molecule has 0 atom stereocenters. The lowest BCUT2D eigenvalue weighted by Crippen LogP contribution is -2.06. The molecule has 3 rings (SSSR count). The molecular formula is C22H18INO. The second kappa shape index (κ2) is 7.71. The highest BCUT2D eigenvalue weighted by Gasteiger charge is 2.11. The Bertz CT molecular complexity index is 965. The first kappa shape index (κ1) is 17.5. The molecule has 25 heavy (non-hydrogen) atoms. The van der Waals surface area contributed by atoms with Crippen LogP contribution in [0.1, 0.15) is 25.0 Å². The SMILES string of the molecule is CC(C)Oc1ccc2ccccc2c1/C=C(\C#N)c1ccc(I)cc1. The molecule has 3 aromatic rings. The Morgan fingerprint density at radius 1 is 1.04 bits per heavy atom. The van der Waals surface area contributed by atoms with Gasteiger partial charge in [-0.1, -0.05) is 42.5 Å². The van der Waals surface area contributed by atoms with Crippen molar-refractivity contribution in [3.8, 4) is 11.8 Å². The monoisotopic (exact) mass is 439 g/mol. The minimum atomic E-state index is 0.0668. The Hall–Kier alpha value is -2.32. The molecule has 0 N–H and O–H groups in total. The number of hydrogen-bond donors (Lipinski definition) is 0. The zero-order valence-corrected chi connectivity index (χ0v) is 16.3. The van der Waals surface area contributed by atoms with Gasteiger partial charge in [-0.05, 0) is 77.0 Å². The maximum Gasteiger partial charge on any atom is 0.127 e. The van der Waals surface area contributed by atoms with Gasteiger partial charge >= 0.3 is 0 Å². The third-order valence-electron chi connectivity index (χ3n) is 3.86.